The number of carbonyl (C=O) groups excluding carboxylic acids is 1. The highest BCUT2D eigenvalue weighted by Crippen LogP contribution is 2.40. The van der Waals surface area contributed by atoms with Crippen LogP contribution in [0, 0.1) is 11.3 Å². The summed E-state index contributed by atoms with van der Waals surface area (Å²) in [6.07, 6.45) is -8.92. The van der Waals surface area contributed by atoms with Gasteiger partial charge >= 0.3 is 12.1 Å². The van der Waals surface area contributed by atoms with Crippen molar-refractivity contribution >= 4 is 5.97 Å². The van der Waals surface area contributed by atoms with Gasteiger partial charge in [0.05, 0.1) is 11.8 Å². The minimum absolute atomic E-state index is 0.408. The summed E-state index contributed by atoms with van der Waals surface area (Å²) < 4.78 is 70.3. The van der Waals surface area contributed by atoms with Gasteiger partial charge in [-0.2, -0.15) is 13.2 Å². The van der Waals surface area contributed by atoms with Crippen molar-refractivity contribution < 1.29 is 36.6 Å². The molecule has 142 valence electrons. The molecule has 1 aliphatic carbocycles. The number of hydrogen-bond donors (Lipinski definition) is 1. The molecule has 1 aliphatic rings. The van der Waals surface area contributed by atoms with E-state index in [0.717, 1.165) is 12.8 Å². The second-order valence-electron chi connectivity index (χ2n) is 7.14. The van der Waals surface area contributed by atoms with Crippen LogP contribution < -0.4 is 0 Å². The number of aliphatic hydroxyl groups excluding tert-OH is 1. The zero-order valence-corrected chi connectivity index (χ0v) is 14.1. The maximum Gasteiger partial charge on any atom is 0.420 e. The Kier molecular flexibility index (Phi) is 6.63. The Morgan fingerprint density at radius 3 is 2.08 bits per heavy atom. The van der Waals surface area contributed by atoms with Gasteiger partial charge in [0.1, 0.15) is 6.10 Å². The number of alkyl halides is 5. The molecule has 0 radical (unpaired) electrons. The van der Waals surface area contributed by atoms with Crippen LogP contribution in [0.2, 0.25) is 0 Å². The summed E-state index contributed by atoms with van der Waals surface area (Å²) in [4.78, 5) is 12.2. The molecule has 1 rings (SSSR count). The predicted molar refractivity (Wildman–Crippen MR) is 77.5 cm³/mol. The van der Waals surface area contributed by atoms with Crippen molar-refractivity contribution in [2.45, 2.75) is 83.6 Å². The minimum atomic E-state index is -5.43. The van der Waals surface area contributed by atoms with Crippen LogP contribution in [0.4, 0.5) is 22.0 Å². The molecule has 3 nitrogen and oxygen atoms in total. The van der Waals surface area contributed by atoms with Crippen molar-refractivity contribution in [2.24, 2.45) is 11.3 Å². The molecule has 2 unspecified atom stereocenters. The summed E-state index contributed by atoms with van der Waals surface area (Å²) >= 11 is 0. The van der Waals surface area contributed by atoms with Crippen molar-refractivity contribution in [3.8, 4) is 0 Å². The Morgan fingerprint density at radius 2 is 1.67 bits per heavy atom. The van der Waals surface area contributed by atoms with Gasteiger partial charge in [0.25, 0.3) is 5.92 Å². The van der Waals surface area contributed by atoms with Crippen LogP contribution in [-0.4, -0.2) is 35.4 Å². The molecule has 2 atom stereocenters. The number of ether oxygens (including phenoxy) is 1. The van der Waals surface area contributed by atoms with E-state index >= 15 is 0 Å². The first-order chi connectivity index (χ1) is 10.8. The highest BCUT2D eigenvalue weighted by Gasteiger charge is 2.56. The minimum Gasteiger partial charge on any atom is -0.461 e. The molecule has 1 fully saturated rings. The molecule has 0 heterocycles. The van der Waals surface area contributed by atoms with Crippen LogP contribution in [0.15, 0.2) is 0 Å². The van der Waals surface area contributed by atoms with E-state index in [4.69, 9.17) is 9.84 Å². The molecule has 0 aromatic rings. The summed E-state index contributed by atoms with van der Waals surface area (Å²) in [7, 11) is 0. The number of rotatable bonds is 7. The normalized spacial score (nSPS) is 20.0. The summed E-state index contributed by atoms with van der Waals surface area (Å²) in [5.74, 6) is -5.53. The first-order valence-electron chi connectivity index (χ1n) is 8.15. The molecule has 0 bridgehead atoms. The Morgan fingerprint density at radius 1 is 1.17 bits per heavy atom. The number of carbonyl (C=O) groups is 1. The Hall–Kier alpha value is -0.920. The quantitative estimate of drug-likeness (QED) is 0.538. The number of esters is 1. The number of aliphatic hydroxyl groups is 1. The first-order valence-corrected chi connectivity index (χ1v) is 8.15. The van der Waals surface area contributed by atoms with Gasteiger partial charge in [-0.25, -0.2) is 8.78 Å². The monoisotopic (exact) mass is 360 g/mol. The predicted octanol–water partition coefficient (Wildman–Crippen LogP) is 4.47. The molecular formula is C16H25F5O3. The molecule has 0 aliphatic heterocycles. The van der Waals surface area contributed by atoms with Crippen molar-refractivity contribution in [3.05, 3.63) is 0 Å². The molecule has 24 heavy (non-hydrogen) atoms. The van der Waals surface area contributed by atoms with Gasteiger partial charge in [-0.1, -0.05) is 19.8 Å². The van der Waals surface area contributed by atoms with E-state index in [1.807, 2.05) is 0 Å². The SMILES string of the molecule is CCC(C)(C)C(=O)OC(CC(F)(F)C(O)C(F)(F)F)C1CCCC1. The molecule has 1 N–H and O–H groups in total. The average Bonchev–Trinajstić information content (AvgIpc) is 2.98. The summed E-state index contributed by atoms with van der Waals surface area (Å²) in [5.41, 5.74) is -0.908. The first kappa shape index (κ1) is 21.1. The third-order valence-electron chi connectivity index (χ3n) is 4.80. The number of hydrogen-bond acceptors (Lipinski definition) is 3. The van der Waals surface area contributed by atoms with Crippen LogP contribution in [-0.2, 0) is 9.53 Å². The standard InChI is InChI=1S/C16H25F5O3/c1-4-14(2,3)13(23)24-11(10-7-5-6-8-10)9-15(17,18)12(22)16(19,20)21/h10-12,22H,4-9H2,1-3H3. The molecule has 0 spiro atoms. The second kappa shape index (κ2) is 7.54. The maximum atomic E-state index is 13.9. The molecule has 0 aromatic heterocycles. The lowest BCUT2D eigenvalue weighted by molar-refractivity contribution is -0.276. The summed E-state index contributed by atoms with van der Waals surface area (Å²) in [6, 6.07) is 0. The molecule has 0 saturated heterocycles. The van der Waals surface area contributed by atoms with Gasteiger partial charge in [-0.15, -0.1) is 0 Å². The molecular weight excluding hydrogens is 335 g/mol. The maximum absolute atomic E-state index is 13.9. The van der Waals surface area contributed by atoms with E-state index in [-0.39, 0.29) is 0 Å². The van der Waals surface area contributed by atoms with Crippen molar-refractivity contribution in [1.82, 2.24) is 0 Å². The van der Waals surface area contributed by atoms with Crippen LogP contribution in [0.5, 0.6) is 0 Å². The highest BCUT2D eigenvalue weighted by atomic mass is 19.4. The van der Waals surface area contributed by atoms with Gasteiger partial charge in [-0.05, 0) is 39.0 Å². The zero-order valence-electron chi connectivity index (χ0n) is 14.1. The Balaban J connectivity index is 2.92. The fourth-order valence-corrected chi connectivity index (χ4v) is 2.69. The smallest absolute Gasteiger partial charge is 0.420 e. The summed E-state index contributed by atoms with van der Waals surface area (Å²) in [6.45, 7) is 4.90. The molecule has 0 aromatic carbocycles. The van der Waals surface area contributed by atoms with E-state index in [1.54, 1.807) is 20.8 Å². The fourth-order valence-electron chi connectivity index (χ4n) is 2.69. The van der Waals surface area contributed by atoms with Gasteiger partial charge in [0, 0.05) is 0 Å². The van der Waals surface area contributed by atoms with E-state index in [2.05, 4.69) is 0 Å². The Labute approximate surface area is 138 Å². The van der Waals surface area contributed by atoms with Crippen LogP contribution >= 0.6 is 0 Å². The highest BCUT2D eigenvalue weighted by molar-refractivity contribution is 5.76. The molecule has 1 saturated carbocycles. The second-order valence-corrected chi connectivity index (χ2v) is 7.14. The topological polar surface area (TPSA) is 46.5 Å². The summed E-state index contributed by atoms with van der Waals surface area (Å²) in [5, 5.41) is 8.93. The van der Waals surface area contributed by atoms with Gasteiger partial charge in [0.15, 0.2) is 0 Å². The van der Waals surface area contributed by atoms with E-state index in [1.165, 1.54) is 0 Å². The van der Waals surface area contributed by atoms with Crippen molar-refractivity contribution in [1.29, 1.82) is 0 Å². The van der Waals surface area contributed by atoms with Crippen LogP contribution in [0.25, 0.3) is 0 Å². The van der Waals surface area contributed by atoms with E-state index in [0.29, 0.717) is 19.3 Å². The van der Waals surface area contributed by atoms with Crippen molar-refractivity contribution in [3.63, 3.8) is 0 Å². The number of halogens is 5. The Bertz CT molecular complexity index is 428. The average molecular weight is 360 g/mol. The van der Waals surface area contributed by atoms with Crippen LogP contribution in [0.3, 0.4) is 0 Å². The molecule has 0 amide bonds. The van der Waals surface area contributed by atoms with E-state index < -0.39 is 48.0 Å². The third kappa shape index (κ3) is 5.29. The third-order valence-corrected chi connectivity index (χ3v) is 4.80. The molecule has 8 heteroatoms. The van der Waals surface area contributed by atoms with E-state index in [9.17, 15) is 26.7 Å². The van der Waals surface area contributed by atoms with Crippen LogP contribution in [0.1, 0.15) is 59.3 Å². The lowest BCUT2D eigenvalue weighted by Gasteiger charge is -2.33. The zero-order chi connectivity index (χ0) is 18.8. The van der Waals surface area contributed by atoms with Gasteiger partial charge < -0.3 is 9.84 Å². The lowest BCUT2D eigenvalue weighted by atomic mass is 9.89. The van der Waals surface area contributed by atoms with Crippen molar-refractivity contribution in [2.75, 3.05) is 0 Å². The van der Waals surface area contributed by atoms with Gasteiger partial charge in [-0.3, -0.25) is 4.79 Å². The fraction of sp³-hybridized carbons (Fsp3) is 0.938. The lowest BCUT2D eigenvalue weighted by Crippen LogP contribution is -2.48. The van der Waals surface area contributed by atoms with Gasteiger partial charge in [0.2, 0.25) is 6.10 Å². The largest absolute Gasteiger partial charge is 0.461 e.